The maximum Gasteiger partial charge on any atom is 0.310 e. The van der Waals surface area contributed by atoms with Crippen LogP contribution in [0, 0.1) is 5.92 Å². The van der Waals surface area contributed by atoms with Crippen LogP contribution >= 0.6 is 34.2 Å². The summed E-state index contributed by atoms with van der Waals surface area (Å²) in [4.78, 5) is 15.0. The Bertz CT molecular complexity index is 589. The molecule has 0 N–H and O–H groups in total. The van der Waals surface area contributed by atoms with Gasteiger partial charge >= 0.3 is 5.97 Å². The molecule has 0 saturated carbocycles. The van der Waals surface area contributed by atoms with Crippen LogP contribution in [-0.4, -0.2) is 36.6 Å². The van der Waals surface area contributed by atoms with Crippen LogP contribution in [0.4, 0.5) is 0 Å². The molecule has 2 aliphatic rings. The molecule has 2 heterocycles. The van der Waals surface area contributed by atoms with E-state index in [1.54, 1.807) is 0 Å². The van der Waals surface area contributed by atoms with Gasteiger partial charge in [-0.25, -0.2) is 0 Å². The highest BCUT2D eigenvalue weighted by atomic mass is 127. The molecule has 124 valence electrons. The molecule has 23 heavy (non-hydrogen) atoms. The molecule has 1 aromatic rings. The van der Waals surface area contributed by atoms with E-state index in [1.165, 1.54) is 12.7 Å². The van der Waals surface area contributed by atoms with Crippen LogP contribution in [0.5, 0.6) is 0 Å². The third kappa shape index (κ3) is 3.44. The summed E-state index contributed by atoms with van der Waals surface area (Å²) in [5.41, 5.74) is 1.20. The number of rotatable bonds is 4. The number of methoxy groups -OCH3 is 1. The molecule has 2 saturated heterocycles. The molecule has 0 aliphatic carbocycles. The molecule has 2 fully saturated rings. The fourth-order valence-electron chi connectivity index (χ4n) is 4.27. The van der Waals surface area contributed by atoms with Crippen molar-refractivity contribution in [1.82, 2.24) is 4.90 Å². The standard InChI is InChI=1S/C18H21ClINO2/c1-23-18(22)17-15(12-3-5-13(19)6-4-12)11-14-7-8-16(17)21(14)10-2-9-20/h2-6,9,14-17H,7-8,10-11H2,1H3/b9-2+. The van der Waals surface area contributed by atoms with E-state index in [2.05, 4.69) is 49.8 Å². The predicted octanol–water partition coefficient (Wildman–Crippen LogP) is 4.40. The van der Waals surface area contributed by atoms with Crippen molar-refractivity contribution in [3.8, 4) is 0 Å². The van der Waals surface area contributed by atoms with E-state index in [-0.39, 0.29) is 23.8 Å². The second-order valence-corrected chi connectivity index (χ2v) is 7.46. The van der Waals surface area contributed by atoms with Gasteiger partial charge < -0.3 is 4.74 Å². The van der Waals surface area contributed by atoms with Gasteiger partial charge in [-0.15, -0.1) is 0 Å². The van der Waals surface area contributed by atoms with E-state index in [4.69, 9.17) is 16.3 Å². The van der Waals surface area contributed by atoms with Gasteiger partial charge in [0.1, 0.15) is 0 Å². The third-order valence-electron chi connectivity index (χ3n) is 5.24. The molecule has 2 bridgehead atoms. The van der Waals surface area contributed by atoms with Crippen molar-refractivity contribution in [3.05, 3.63) is 45.0 Å². The average molecular weight is 446 g/mol. The smallest absolute Gasteiger partial charge is 0.310 e. The summed E-state index contributed by atoms with van der Waals surface area (Å²) in [6.45, 7) is 0.916. The van der Waals surface area contributed by atoms with Crippen molar-refractivity contribution >= 4 is 40.2 Å². The number of ether oxygens (including phenoxy) is 1. The predicted molar refractivity (Wildman–Crippen MR) is 101 cm³/mol. The van der Waals surface area contributed by atoms with Crippen LogP contribution in [0.1, 0.15) is 30.7 Å². The summed E-state index contributed by atoms with van der Waals surface area (Å²) in [5.74, 6) is 0.0401. The summed E-state index contributed by atoms with van der Waals surface area (Å²) >= 11 is 8.27. The first kappa shape index (κ1) is 17.2. The van der Waals surface area contributed by atoms with E-state index in [9.17, 15) is 4.79 Å². The molecular formula is C18H21ClINO2. The van der Waals surface area contributed by atoms with E-state index in [0.29, 0.717) is 6.04 Å². The zero-order valence-corrected chi connectivity index (χ0v) is 16.0. The number of benzene rings is 1. The highest BCUT2D eigenvalue weighted by Crippen LogP contribution is 2.47. The van der Waals surface area contributed by atoms with Crippen molar-refractivity contribution in [2.24, 2.45) is 5.92 Å². The molecule has 5 heteroatoms. The zero-order valence-electron chi connectivity index (χ0n) is 13.1. The Morgan fingerprint density at radius 3 is 2.78 bits per heavy atom. The lowest BCUT2D eigenvalue weighted by molar-refractivity contribution is -0.150. The van der Waals surface area contributed by atoms with Gasteiger partial charge in [-0.05, 0) is 41.0 Å². The fraction of sp³-hybridized carbons (Fsp3) is 0.500. The molecule has 0 spiro atoms. The minimum atomic E-state index is -0.0949. The minimum absolute atomic E-state index is 0.0845. The number of carbonyl (C=O) groups excluding carboxylic acids is 1. The van der Waals surface area contributed by atoms with Crippen LogP contribution in [0.3, 0.4) is 0 Å². The Morgan fingerprint density at radius 2 is 2.13 bits per heavy atom. The first-order valence-corrected chi connectivity index (χ1v) is 9.62. The maximum absolute atomic E-state index is 12.5. The Morgan fingerprint density at radius 1 is 1.39 bits per heavy atom. The Labute approximate surface area is 156 Å². The van der Waals surface area contributed by atoms with Gasteiger partial charge in [-0.3, -0.25) is 9.69 Å². The summed E-state index contributed by atoms with van der Waals surface area (Å²) < 4.78 is 7.21. The summed E-state index contributed by atoms with van der Waals surface area (Å²) in [5, 5.41) is 0.732. The fourth-order valence-corrected chi connectivity index (χ4v) is 4.62. The second-order valence-electron chi connectivity index (χ2n) is 6.30. The van der Waals surface area contributed by atoms with Crippen LogP contribution in [0.2, 0.25) is 5.02 Å². The van der Waals surface area contributed by atoms with Crippen LogP contribution in [-0.2, 0) is 9.53 Å². The molecule has 4 unspecified atom stereocenters. The lowest BCUT2D eigenvalue weighted by Gasteiger charge is -2.43. The SMILES string of the molecule is COC(=O)C1C(c2ccc(Cl)cc2)CC2CCC1N2C/C=C/I. The van der Waals surface area contributed by atoms with Gasteiger partial charge in [-0.2, -0.15) is 0 Å². The van der Waals surface area contributed by atoms with E-state index in [0.717, 1.165) is 30.8 Å². The lowest BCUT2D eigenvalue weighted by atomic mass is 9.76. The summed E-state index contributed by atoms with van der Waals surface area (Å²) in [6, 6.07) is 8.77. The molecular weight excluding hydrogens is 425 g/mol. The van der Waals surface area contributed by atoms with Gasteiger partial charge in [0.05, 0.1) is 13.0 Å². The Hall–Kier alpha value is -0.590. The molecule has 4 atom stereocenters. The van der Waals surface area contributed by atoms with Gasteiger partial charge in [0.2, 0.25) is 0 Å². The van der Waals surface area contributed by atoms with Gasteiger partial charge in [0, 0.05) is 29.6 Å². The quantitative estimate of drug-likeness (QED) is 0.508. The summed E-state index contributed by atoms with van der Waals surface area (Å²) in [7, 11) is 1.50. The van der Waals surface area contributed by atoms with Crippen molar-refractivity contribution in [2.75, 3.05) is 13.7 Å². The van der Waals surface area contributed by atoms with E-state index in [1.807, 2.05) is 12.1 Å². The molecule has 1 aromatic carbocycles. The first-order valence-electron chi connectivity index (χ1n) is 8.00. The van der Waals surface area contributed by atoms with Crippen LogP contribution in [0.15, 0.2) is 34.4 Å². The normalized spacial score (nSPS) is 30.7. The molecule has 2 aliphatic heterocycles. The number of halogens is 2. The highest BCUT2D eigenvalue weighted by Gasteiger charge is 2.50. The topological polar surface area (TPSA) is 29.5 Å². The van der Waals surface area contributed by atoms with Gasteiger partial charge in [0.25, 0.3) is 0 Å². The third-order valence-corrected chi connectivity index (χ3v) is 6.00. The molecule has 3 nitrogen and oxygen atoms in total. The number of hydrogen-bond donors (Lipinski definition) is 0. The average Bonchev–Trinajstić information content (AvgIpc) is 2.84. The van der Waals surface area contributed by atoms with Gasteiger partial charge in [-0.1, -0.05) is 52.4 Å². The molecule has 0 amide bonds. The van der Waals surface area contributed by atoms with Crippen molar-refractivity contribution in [3.63, 3.8) is 0 Å². The van der Waals surface area contributed by atoms with E-state index >= 15 is 0 Å². The monoisotopic (exact) mass is 445 g/mol. The number of fused-ring (bicyclic) bond motifs is 2. The first-order chi connectivity index (χ1) is 11.2. The maximum atomic E-state index is 12.5. The minimum Gasteiger partial charge on any atom is -0.469 e. The number of piperidine rings is 1. The number of carbonyl (C=O) groups is 1. The number of esters is 1. The lowest BCUT2D eigenvalue weighted by Crippen LogP contribution is -2.50. The van der Waals surface area contributed by atoms with Gasteiger partial charge in [0.15, 0.2) is 0 Å². The molecule has 0 aromatic heterocycles. The van der Waals surface area contributed by atoms with E-state index < -0.39 is 0 Å². The van der Waals surface area contributed by atoms with Crippen molar-refractivity contribution in [1.29, 1.82) is 0 Å². The second kappa shape index (κ2) is 7.53. The Balaban J connectivity index is 1.91. The number of hydrogen-bond acceptors (Lipinski definition) is 3. The van der Waals surface area contributed by atoms with Crippen molar-refractivity contribution < 1.29 is 9.53 Å². The largest absolute Gasteiger partial charge is 0.469 e. The Kier molecular flexibility index (Phi) is 5.65. The number of nitrogens with zero attached hydrogens (tertiary/aromatic N) is 1. The molecule has 3 rings (SSSR count). The van der Waals surface area contributed by atoms with Crippen molar-refractivity contribution in [2.45, 2.75) is 37.3 Å². The molecule has 0 radical (unpaired) electrons. The highest BCUT2D eigenvalue weighted by molar-refractivity contribution is 14.1. The zero-order chi connectivity index (χ0) is 16.4. The summed E-state index contributed by atoms with van der Waals surface area (Å²) in [6.07, 6.45) is 5.41. The van der Waals surface area contributed by atoms with Crippen LogP contribution in [0.25, 0.3) is 0 Å². The van der Waals surface area contributed by atoms with Crippen LogP contribution < -0.4 is 0 Å².